The lowest BCUT2D eigenvalue weighted by Crippen LogP contribution is -2.62. The number of amides is 1. The van der Waals surface area contributed by atoms with E-state index in [4.69, 9.17) is 0 Å². The van der Waals surface area contributed by atoms with Crippen molar-refractivity contribution in [1.29, 1.82) is 0 Å². The molecule has 0 aromatic carbocycles. The van der Waals surface area contributed by atoms with Gasteiger partial charge in [0.25, 0.3) is 5.91 Å². The van der Waals surface area contributed by atoms with E-state index in [1.54, 1.807) is 0 Å². The van der Waals surface area contributed by atoms with Crippen molar-refractivity contribution in [1.82, 2.24) is 4.90 Å². The first-order chi connectivity index (χ1) is 9.70. The number of fused-ring (bicyclic) bond motifs is 1. The van der Waals surface area contributed by atoms with Gasteiger partial charge in [0.05, 0.1) is 11.3 Å². The maximum atomic E-state index is 12.1. The van der Waals surface area contributed by atoms with E-state index >= 15 is 0 Å². The number of esters is 1. The first-order valence-corrected chi connectivity index (χ1v) is 7.46. The van der Waals surface area contributed by atoms with E-state index in [9.17, 15) is 27.9 Å². The van der Waals surface area contributed by atoms with E-state index < -0.39 is 51.1 Å². The summed E-state index contributed by atoms with van der Waals surface area (Å²) in [5.74, 6) is -3.54. The van der Waals surface area contributed by atoms with E-state index in [1.807, 2.05) is 0 Å². The molecule has 9 heteroatoms. The lowest BCUT2D eigenvalue weighted by Gasteiger charge is -2.44. The minimum atomic E-state index is -3.83. The Morgan fingerprint density at radius 3 is 2.62 bits per heavy atom. The highest BCUT2D eigenvalue weighted by Crippen LogP contribution is 2.39. The molecule has 0 saturated carbocycles. The average molecular weight is 313 g/mol. The quantitative estimate of drug-likeness (QED) is 0.313. The van der Waals surface area contributed by atoms with Crippen molar-refractivity contribution in [3.63, 3.8) is 0 Å². The Labute approximate surface area is 119 Å². The van der Waals surface area contributed by atoms with Crippen molar-refractivity contribution in [2.45, 2.75) is 12.3 Å². The van der Waals surface area contributed by atoms with Gasteiger partial charge in [0.15, 0.2) is 15.2 Å². The fourth-order valence-electron chi connectivity index (χ4n) is 2.24. The Kier molecular flexibility index (Phi) is 3.48. The van der Waals surface area contributed by atoms with Gasteiger partial charge in [-0.05, 0) is 0 Å². The summed E-state index contributed by atoms with van der Waals surface area (Å²) in [6, 6.07) is 0. The van der Waals surface area contributed by atoms with Crippen LogP contribution < -0.4 is 0 Å². The number of carbonyl (C=O) groups excluding carboxylic acids is 2. The van der Waals surface area contributed by atoms with Gasteiger partial charge in [0.1, 0.15) is 12.3 Å². The van der Waals surface area contributed by atoms with Gasteiger partial charge < -0.3 is 9.84 Å². The third-order valence-corrected chi connectivity index (χ3v) is 4.94. The highest BCUT2D eigenvalue weighted by molar-refractivity contribution is 7.92. The summed E-state index contributed by atoms with van der Waals surface area (Å²) in [4.78, 5) is 34.6. The molecule has 0 spiro atoms. The molecule has 0 aromatic heterocycles. The summed E-state index contributed by atoms with van der Waals surface area (Å²) >= 11 is 0. The van der Waals surface area contributed by atoms with E-state index in [2.05, 4.69) is 17.0 Å². The second-order valence-corrected chi connectivity index (χ2v) is 6.52. The molecule has 8 nitrogen and oxygen atoms in total. The maximum Gasteiger partial charge on any atom is 0.352 e. The Balaban J connectivity index is 2.54. The van der Waals surface area contributed by atoms with Crippen molar-refractivity contribution in [2.24, 2.45) is 0 Å². The Bertz CT molecular complexity index is 740. The standard InChI is InChI=1S/C12H11NO7S/c1-3-8-10(15)13-9(12(16)17)7(4-20-6(2)14)5-21(18,19)11(8)13/h11H,1,4-5H2,2H3,(H,16,17)/t11-/m1/s1. The number of ether oxygens (including phenoxy) is 1. The molecule has 1 saturated heterocycles. The number of β-lactam (4-membered cyclic amide) rings is 1. The summed E-state index contributed by atoms with van der Waals surface area (Å²) in [6.45, 7) is 3.84. The summed E-state index contributed by atoms with van der Waals surface area (Å²) in [5.41, 5.74) is 1.43. The van der Waals surface area contributed by atoms with Gasteiger partial charge in [-0.15, -0.1) is 5.73 Å². The van der Waals surface area contributed by atoms with E-state index in [-0.39, 0.29) is 11.1 Å². The minimum Gasteiger partial charge on any atom is -0.477 e. The number of hydrogen-bond acceptors (Lipinski definition) is 6. The lowest BCUT2D eigenvalue weighted by atomic mass is 10.0. The first kappa shape index (κ1) is 15.0. The molecule has 1 atom stereocenters. The highest BCUT2D eigenvalue weighted by atomic mass is 32.2. The predicted molar refractivity (Wildman–Crippen MR) is 68.4 cm³/mol. The van der Waals surface area contributed by atoms with Gasteiger partial charge in [-0.2, -0.15) is 0 Å². The molecule has 0 radical (unpaired) electrons. The number of sulfone groups is 1. The summed E-state index contributed by atoms with van der Waals surface area (Å²) in [5, 5.41) is 7.83. The topological polar surface area (TPSA) is 118 Å². The van der Waals surface area contributed by atoms with Gasteiger partial charge in [-0.3, -0.25) is 14.5 Å². The highest BCUT2D eigenvalue weighted by Gasteiger charge is 2.56. The van der Waals surface area contributed by atoms with Crippen molar-refractivity contribution in [3.05, 3.63) is 29.2 Å². The van der Waals surface area contributed by atoms with Crippen LogP contribution in [0, 0.1) is 0 Å². The van der Waals surface area contributed by atoms with E-state index in [0.29, 0.717) is 4.90 Å². The van der Waals surface area contributed by atoms with Crippen LogP contribution in [0.5, 0.6) is 0 Å². The number of aliphatic carboxylic acids is 1. The van der Waals surface area contributed by atoms with Crippen LogP contribution in [0.1, 0.15) is 6.92 Å². The van der Waals surface area contributed by atoms with Crippen LogP contribution in [0.4, 0.5) is 0 Å². The number of nitrogens with zero attached hydrogens (tertiary/aromatic N) is 1. The van der Waals surface area contributed by atoms with E-state index in [1.165, 1.54) is 0 Å². The third-order valence-electron chi connectivity index (χ3n) is 3.06. The number of rotatable bonds is 3. The second kappa shape index (κ2) is 4.87. The Morgan fingerprint density at radius 1 is 1.52 bits per heavy atom. The molecule has 2 rings (SSSR count). The predicted octanol–water partition coefficient (Wildman–Crippen LogP) is -0.804. The molecule has 1 amide bonds. The summed E-state index contributed by atoms with van der Waals surface area (Å²) in [7, 11) is -3.83. The van der Waals surface area contributed by atoms with Crippen LogP contribution in [-0.4, -0.2) is 54.0 Å². The normalized spacial score (nSPS) is 23.1. The van der Waals surface area contributed by atoms with Crippen molar-refractivity contribution < 1.29 is 32.6 Å². The Hall–Kier alpha value is -2.38. The van der Waals surface area contributed by atoms with Crippen LogP contribution in [-0.2, 0) is 29.0 Å². The molecule has 2 aliphatic heterocycles. The van der Waals surface area contributed by atoms with Gasteiger partial charge in [0.2, 0.25) is 0 Å². The van der Waals surface area contributed by atoms with Gasteiger partial charge in [0, 0.05) is 12.5 Å². The molecule has 2 heterocycles. The molecule has 0 aromatic rings. The fraction of sp³-hybridized carbons (Fsp3) is 0.333. The number of carboxylic acids is 1. The van der Waals surface area contributed by atoms with Crippen molar-refractivity contribution >= 4 is 27.7 Å². The molecule has 1 fully saturated rings. The Morgan fingerprint density at radius 2 is 2.14 bits per heavy atom. The molecule has 112 valence electrons. The lowest BCUT2D eigenvalue weighted by molar-refractivity contribution is -0.143. The summed E-state index contributed by atoms with van der Waals surface area (Å²) < 4.78 is 28.9. The molecule has 1 N–H and O–H groups in total. The maximum absolute atomic E-state index is 12.1. The van der Waals surface area contributed by atoms with Crippen LogP contribution in [0.25, 0.3) is 0 Å². The molecule has 0 aliphatic carbocycles. The number of hydrogen-bond donors (Lipinski definition) is 1. The van der Waals surface area contributed by atoms with E-state index in [0.717, 1.165) is 6.92 Å². The minimum absolute atomic E-state index is 0.148. The molecule has 0 unspecified atom stereocenters. The van der Waals surface area contributed by atoms with Gasteiger partial charge in [-0.1, -0.05) is 6.58 Å². The van der Waals surface area contributed by atoms with Crippen molar-refractivity contribution in [2.75, 3.05) is 12.4 Å². The van der Waals surface area contributed by atoms with Gasteiger partial charge in [-0.25, -0.2) is 13.2 Å². The van der Waals surface area contributed by atoms with Crippen LogP contribution in [0.3, 0.4) is 0 Å². The summed E-state index contributed by atoms with van der Waals surface area (Å²) in [6.07, 6.45) is 0. The zero-order chi connectivity index (χ0) is 15.9. The van der Waals surface area contributed by atoms with Gasteiger partial charge >= 0.3 is 11.9 Å². The molecular formula is C12H11NO7S. The number of carboxylic acid groups (broad SMARTS) is 1. The fourth-order valence-corrected chi connectivity index (χ4v) is 4.17. The number of carbonyl (C=O) groups is 3. The second-order valence-electron chi connectivity index (χ2n) is 4.46. The largest absolute Gasteiger partial charge is 0.477 e. The zero-order valence-electron chi connectivity index (χ0n) is 11.0. The smallest absolute Gasteiger partial charge is 0.352 e. The monoisotopic (exact) mass is 313 g/mol. The molecular weight excluding hydrogens is 302 g/mol. The van der Waals surface area contributed by atoms with Crippen LogP contribution >= 0.6 is 0 Å². The molecule has 2 aliphatic rings. The average Bonchev–Trinajstić information content (AvgIpc) is 2.36. The van der Waals surface area contributed by atoms with Crippen LogP contribution in [0.2, 0.25) is 0 Å². The first-order valence-electron chi connectivity index (χ1n) is 5.74. The third kappa shape index (κ3) is 2.26. The molecule has 0 bridgehead atoms. The van der Waals surface area contributed by atoms with Crippen LogP contribution in [0.15, 0.2) is 29.2 Å². The molecule has 21 heavy (non-hydrogen) atoms. The van der Waals surface area contributed by atoms with Crippen molar-refractivity contribution in [3.8, 4) is 0 Å². The SMILES string of the molecule is C=C=C1C(=O)N2C(C(=O)O)=C(COC(C)=O)CS(=O)(=O)[C@H]12. The zero-order valence-corrected chi connectivity index (χ0v) is 11.8.